The average Bonchev–Trinajstić information content (AvgIpc) is 2.54. The summed E-state index contributed by atoms with van der Waals surface area (Å²) in [5, 5.41) is 11.7. The topological polar surface area (TPSA) is 33.1 Å². The van der Waals surface area contributed by atoms with Gasteiger partial charge in [-0.25, -0.2) is 0 Å². The number of halogens is 1. The van der Waals surface area contributed by atoms with Gasteiger partial charge in [-0.15, -0.1) is 0 Å². The number of rotatable bonds is 4. The molecule has 23 heavy (non-hydrogen) atoms. The molecule has 0 spiro atoms. The fourth-order valence-corrected chi connectivity index (χ4v) is 3.16. The third-order valence-corrected chi connectivity index (χ3v) is 4.19. The first kappa shape index (κ1) is 16.0. The quantitative estimate of drug-likeness (QED) is 0.711. The Kier molecular flexibility index (Phi) is 4.65. The van der Waals surface area contributed by atoms with Crippen LogP contribution in [0.15, 0.2) is 48.5 Å². The van der Waals surface area contributed by atoms with E-state index in [0.717, 1.165) is 39.7 Å². The Morgan fingerprint density at radius 2 is 1.83 bits per heavy atom. The van der Waals surface area contributed by atoms with Crippen molar-refractivity contribution in [1.29, 1.82) is 0 Å². The van der Waals surface area contributed by atoms with Gasteiger partial charge in [0.25, 0.3) is 0 Å². The number of aliphatic hydroxyl groups excluding tert-OH is 1. The maximum absolute atomic E-state index is 10.0. The number of pyridine rings is 1. The first-order valence-electron chi connectivity index (χ1n) is 7.87. The van der Waals surface area contributed by atoms with Crippen molar-refractivity contribution in [2.75, 3.05) is 0 Å². The van der Waals surface area contributed by atoms with E-state index in [-0.39, 0.29) is 6.61 Å². The first-order valence-corrected chi connectivity index (χ1v) is 8.25. The van der Waals surface area contributed by atoms with Crippen LogP contribution in [-0.4, -0.2) is 10.1 Å². The maximum Gasteiger partial charge on any atom is 0.0712 e. The molecule has 3 rings (SSSR count). The highest BCUT2D eigenvalue weighted by atomic mass is 35.5. The second kappa shape index (κ2) is 6.69. The second-order valence-corrected chi connectivity index (χ2v) is 6.63. The van der Waals surface area contributed by atoms with E-state index in [1.807, 2.05) is 36.4 Å². The Labute approximate surface area is 141 Å². The summed E-state index contributed by atoms with van der Waals surface area (Å²) in [6.45, 7) is 4.30. The summed E-state index contributed by atoms with van der Waals surface area (Å²) in [4.78, 5) is 4.79. The van der Waals surface area contributed by atoms with Crippen LogP contribution in [-0.2, 0) is 13.0 Å². The summed E-state index contributed by atoms with van der Waals surface area (Å²) in [5.41, 5.74) is 4.91. The maximum atomic E-state index is 10.0. The van der Waals surface area contributed by atoms with Gasteiger partial charge >= 0.3 is 0 Å². The molecule has 0 amide bonds. The van der Waals surface area contributed by atoms with Gasteiger partial charge in [0.2, 0.25) is 0 Å². The molecule has 3 heteroatoms. The van der Waals surface area contributed by atoms with Crippen LogP contribution in [0.2, 0.25) is 5.02 Å². The molecule has 0 bridgehead atoms. The third-order valence-electron chi connectivity index (χ3n) is 3.96. The van der Waals surface area contributed by atoms with Crippen molar-refractivity contribution < 1.29 is 5.11 Å². The predicted molar refractivity (Wildman–Crippen MR) is 96.7 cm³/mol. The number of aliphatic hydroxyl groups is 1. The summed E-state index contributed by atoms with van der Waals surface area (Å²) in [6.07, 6.45) is 0.842. The summed E-state index contributed by atoms with van der Waals surface area (Å²) in [6, 6.07) is 15.9. The molecule has 0 unspecified atom stereocenters. The lowest BCUT2D eigenvalue weighted by molar-refractivity contribution is 0.280. The Morgan fingerprint density at radius 3 is 2.48 bits per heavy atom. The van der Waals surface area contributed by atoms with Gasteiger partial charge in [0.15, 0.2) is 0 Å². The molecule has 0 aliphatic heterocycles. The number of hydrogen-bond acceptors (Lipinski definition) is 2. The number of nitrogens with zero attached hydrogens (tertiary/aromatic N) is 1. The minimum atomic E-state index is -0.0261. The van der Waals surface area contributed by atoms with Crippen molar-refractivity contribution in [3.05, 3.63) is 64.8 Å². The van der Waals surface area contributed by atoms with E-state index in [2.05, 4.69) is 26.0 Å². The second-order valence-electron chi connectivity index (χ2n) is 6.20. The largest absolute Gasteiger partial charge is 0.392 e. The number of fused-ring (bicyclic) bond motifs is 1. The Hall–Kier alpha value is -1.90. The Balaban J connectivity index is 2.38. The lowest BCUT2D eigenvalue weighted by atomic mass is 9.92. The molecule has 0 saturated carbocycles. The highest BCUT2D eigenvalue weighted by Crippen LogP contribution is 2.35. The van der Waals surface area contributed by atoms with Gasteiger partial charge in [-0.1, -0.05) is 55.8 Å². The summed E-state index contributed by atoms with van der Waals surface area (Å²) >= 11 is 6.21. The zero-order chi connectivity index (χ0) is 16.4. The van der Waals surface area contributed by atoms with Gasteiger partial charge in [0, 0.05) is 21.7 Å². The van der Waals surface area contributed by atoms with Crippen LogP contribution in [0.3, 0.4) is 0 Å². The molecule has 0 aliphatic carbocycles. The van der Waals surface area contributed by atoms with Crippen LogP contribution in [0.1, 0.15) is 25.1 Å². The lowest BCUT2D eigenvalue weighted by Gasteiger charge is -2.17. The number of benzene rings is 2. The molecule has 0 atom stereocenters. The molecule has 0 radical (unpaired) electrons. The van der Waals surface area contributed by atoms with Crippen molar-refractivity contribution in [3.8, 4) is 11.1 Å². The highest BCUT2D eigenvalue weighted by Gasteiger charge is 2.17. The molecule has 0 saturated heterocycles. The minimum absolute atomic E-state index is 0.0261. The number of aromatic nitrogens is 1. The Morgan fingerprint density at radius 1 is 1.09 bits per heavy atom. The van der Waals surface area contributed by atoms with Gasteiger partial charge in [-0.05, 0) is 41.7 Å². The molecule has 1 N–H and O–H groups in total. The van der Waals surface area contributed by atoms with E-state index >= 15 is 0 Å². The van der Waals surface area contributed by atoms with Gasteiger partial charge in [0.1, 0.15) is 0 Å². The van der Waals surface area contributed by atoms with E-state index < -0.39 is 0 Å². The van der Waals surface area contributed by atoms with E-state index in [4.69, 9.17) is 16.6 Å². The smallest absolute Gasteiger partial charge is 0.0712 e. The third kappa shape index (κ3) is 3.24. The van der Waals surface area contributed by atoms with Crippen LogP contribution in [0, 0.1) is 5.92 Å². The number of hydrogen-bond donors (Lipinski definition) is 1. The van der Waals surface area contributed by atoms with Crippen LogP contribution in [0.25, 0.3) is 22.0 Å². The van der Waals surface area contributed by atoms with E-state index in [1.165, 1.54) is 0 Å². The van der Waals surface area contributed by atoms with Crippen molar-refractivity contribution in [2.45, 2.75) is 26.9 Å². The molecule has 0 fully saturated rings. The van der Waals surface area contributed by atoms with E-state index in [9.17, 15) is 5.11 Å². The highest BCUT2D eigenvalue weighted by molar-refractivity contribution is 6.31. The lowest BCUT2D eigenvalue weighted by Crippen LogP contribution is -2.06. The molecule has 2 nitrogen and oxygen atoms in total. The fraction of sp³-hybridized carbons (Fsp3) is 0.250. The molecule has 2 aromatic carbocycles. The van der Waals surface area contributed by atoms with Gasteiger partial charge in [-0.3, -0.25) is 4.98 Å². The molecule has 3 aromatic rings. The zero-order valence-corrected chi connectivity index (χ0v) is 14.1. The molecule has 1 aromatic heterocycles. The standard InChI is InChI=1S/C20H20ClNO/c1-13(2)10-19-17(12-23)20(14-6-4-3-5-7-14)16-11-15(21)8-9-18(16)22-19/h3-9,11,13,23H,10,12H2,1-2H3. The molecule has 118 valence electrons. The predicted octanol–water partition coefficient (Wildman–Crippen LogP) is 5.25. The SMILES string of the molecule is CC(C)Cc1nc2ccc(Cl)cc2c(-c2ccccc2)c1CO. The van der Waals surface area contributed by atoms with Crippen molar-refractivity contribution in [2.24, 2.45) is 5.92 Å². The normalized spacial score (nSPS) is 11.3. The molecular weight excluding hydrogens is 306 g/mol. The molecular formula is C20H20ClNO. The van der Waals surface area contributed by atoms with Gasteiger partial charge < -0.3 is 5.11 Å². The van der Waals surface area contributed by atoms with Crippen LogP contribution >= 0.6 is 11.6 Å². The van der Waals surface area contributed by atoms with Crippen molar-refractivity contribution in [1.82, 2.24) is 4.98 Å². The van der Waals surface area contributed by atoms with E-state index in [1.54, 1.807) is 0 Å². The zero-order valence-electron chi connectivity index (χ0n) is 13.4. The van der Waals surface area contributed by atoms with Crippen molar-refractivity contribution >= 4 is 22.5 Å². The molecule has 1 heterocycles. The van der Waals surface area contributed by atoms with Gasteiger partial charge in [-0.2, -0.15) is 0 Å². The van der Waals surface area contributed by atoms with Crippen LogP contribution in [0.5, 0.6) is 0 Å². The van der Waals surface area contributed by atoms with Crippen LogP contribution < -0.4 is 0 Å². The summed E-state index contributed by atoms with van der Waals surface area (Å²) in [5.74, 6) is 0.473. The first-order chi connectivity index (χ1) is 11.1. The summed E-state index contributed by atoms with van der Waals surface area (Å²) < 4.78 is 0. The van der Waals surface area contributed by atoms with E-state index in [0.29, 0.717) is 10.9 Å². The average molecular weight is 326 g/mol. The summed E-state index contributed by atoms with van der Waals surface area (Å²) in [7, 11) is 0. The Bertz CT molecular complexity index is 828. The molecule has 0 aliphatic rings. The van der Waals surface area contributed by atoms with Crippen LogP contribution in [0.4, 0.5) is 0 Å². The fourth-order valence-electron chi connectivity index (χ4n) is 2.99. The van der Waals surface area contributed by atoms with Gasteiger partial charge in [0.05, 0.1) is 12.1 Å². The van der Waals surface area contributed by atoms with Crippen molar-refractivity contribution in [3.63, 3.8) is 0 Å². The monoisotopic (exact) mass is 325 g/mol. The minimum Gasteiger partial charge on any atom is -0.392 e.